The van der Waals surface area contributed by atoms with Crippen molar-refractivity contribution in [3.63, 3.8) is 0 Å². The van der Waals surface area contributed by atoms with Crippen LogP contribution in [0.3, 0.4) is 0 Å². The van der Waals surface area contributed by atoms with Gasteiger partial charge < -0.3 is 5.32 Å². The van der Waals surface area contributed by atoms with E-state index in [4.69, 9.17) is 0 Å². The summed E-state index contributed by atoms with van der Waals surface area (Å²) in [6.07, 6.45) is 4.02. The second kappa shape index (κ2) is 4.53. The van der Waals surface area contributed by atoms with E-state index in [1.54, 1.807) is 12.4 Å². The number of pyridine rings is 1. The molecular formula is C12H16N2O. The number of rotatable bonds is 3. The summed E-state index contributed by atoms with van der Waals surface area (Å²) in [6.45, 7) is 3.93. The Bertz CT molecular complexity index is 337. The zero-order valence-corrected chi connectivity index (χ0v) is 8.94. The number of hydrogen-bond donors (Lipinski definition) is 1. The van der Waals surface area contributed by atoms with Gasteiger partial charge in [-0.05, 0) is 24.1 Å². The van der Waals surface area contributed by atoms with Crippen molar-refractivity contribution in [2.75, 3.05) is 13.1 Å². The van der Waals surface area contributed by atoms with Gasteiger partial charge in [-0.15, -0.1) is 0 Å². The van der Waals surface area contributed by atoms with Gasteiger partial charge in [0.1, 0.15) is 5.78 Å². The van der Waals surface area contributed by atoms with E-state index in [2.05, 4.69) is 17.2 Å². The minimum atomic E-state index is 0.185. The monoisotopic (exact) mass is 204 g/mol. The molecule has 15 heavy (non-hydrogen) atoms. The van der Waals surface area contributed by atoms with Crippen LogP contribution in [0.4, 0.5) is 0 Å². The van der Waals surface area contributed by atoms with Crippen molar-refractivity contribution < 1.29 is 4.79 Å². The first-order valence-electron chi connectivity index (χ1n) is 5.39. The second-order valence-electron chi connectivity index (χ2n) is 4.25. The van der Waals surface area contributed by atoms with Crippen LogP contribution in [0.1, 0.15) is 12.5 Å². The van der Waals surface area contributed by atoms with Crippen LogP contribution in [0.15, 0.2) is 24.5 Å². The van der Waals surface area contributed by atoms with E-state index in [9.17, 15) is 4.79 Å². The summed E-state index contributed by atoms with van der Waals surface area (Å²) in [5.41, 5.74) is 1.02. The van der Waals surface area contributed by atoms with Gasteiger partial charge in [0.2, 0.25) is 0 Å². The van der Waals surface area contributed by atoms with Gasteiger partial charge in [0, 0.05) is 31.3 Å². The van der Waals surface area contributed by atoms with Gasteiger partial charge in [0.05, 0.1) is 0 Å². The molecule has 1 aromatic rings. The molecular weight excluding hydrogens is 188 g/mol. The minimum Gasteiger partial charge on any atom is -0.316 e. The molecule has 2 unspecified atom stereocenters. The van der Waals surface area contributed by atoms with E-state index in [1.807, 2.05) is 12.1 Å². The van der Waals surface area contributed by atoms with Crippen LogP contribution in [0.25, 0.3) is 0 Å². The highest BCUT2D eigenvalue weighted by atomic mass is 16.1. The van der Waals surface area contributed by atoms with Gasteiger partial charge in [0.25, 0.3) is 0 Å². The molecule has 1 aliphatic rings. The standard InChI is InChI=1S/C12H16N2O/c1-9-6-14-8-11(9)12(15)5-10-3-2-4-13-7-10/h2-4,7,9,11,14H,5-6,8H2,1H3. The zero-order chi connectivity index (χ0) is 10.7. The molecule has 1 aromatic heterocycles. The molecule has 0 bridgehead atoms. The number of aromatic nitrogens is 1. The van der Waals surface area contributed by atoms with E-state index in [0.29, 0.717) is 18.1 Å². The highest BCUT2D eigenvalue weighted by Crippen LogP contribution is 2.18. The Morgan fingerprint density at radius 3 is 3.07 bits per heavy atom. The Morgan fingerprint density at radius 1 is 1.60 bits per heavy atom. The van der Waals surface area contributed by atoms with Gasteiger partial charge in [-0.25, -0.2) is 0 Å². The predicted octanol–water partition coefficient (Wildman–Crippen LogP) is 1.05. The number of nitrogens with one attached hydrogen (secondary N) is 1. The van der Waals surface area contributed by atoms with Crippen molar-refractivity contribution in [1.82, 2.24) is 10.3 Å². The SMILES string of the molecule is CC1CNCC1C(=O)Cc1cccnc1. The summed E-state index contributed by atoms with van der Waals surface area (Å²) in [7, 11) is 0. The normalized spacial score (nSPS) is 25.4. The summed E-state index contributed by atoms with van der Waals surface area (Å²) in [6, 6.07) is 3.83. The molecule has 3 heteroatoms. The molecule has 0 aromatic carbocycles. The Balaban J connectivity index is 1.98. The lowest BCUT2D eigenvalue weighted by atomic mass is 9.90. The van der Waals surface area contributed by atoms with Crippen molar-refractivity contribution in [1.29, 1.82) is 0 Å². The summed E-state index contributed by atoms with van der Waals surface area (Å²) >= 11 is 0. The number of carbonyl (C=O) groups is 1. The summed E-state index contributed by atoms with van der Waals surface area (Å²) in [5, 5.41) is 3.25. The fourth-order valence-corrected chi connectivity index (χ4v) is 2.08. The average Bonchev–Trinajstić information content (AvgIpc) is 2.66. The topological polar surface area (TPSA) is 42.0 Å². The maximum atomic E-state index is 12.0. The molecule has 2 heterocycles. The summed E-state index contributed by atoms with van der Waals surface area (Å²) in [5.74, 6) is 0.986. The lowest BCUT2D eigenvalue weighted by Crippen LogP contribution is -2.23. The van der Waals surface area contributed by atoms with Gasteiger partial charge in [-0.3, -0.25) is 9.78 Å². The molecule has 80 valence electrons. The molecule has 1 fully saturated rings. The van der Waals surface area contributed by atoms with Crippen molar-refractivity contribution in [2.45, 2.75) is 13.3 Å². The maximum Gasteiger partial charge on any atom is 0.141 e. The molecule has 2 atom stereocenters. The Labute approximate surface area is 89.9 Å². The van der Waals surface area contributed by atoms with Crippen LogP contribution in [0.5, 0.6) is 0 Å². The first kappa shape index (κ1) is 10.3. The Kier molecular flexibility index (Phi) is 3.11. The second-order valence-corrected chi connectivity index (χ2v) is 4.25. The number of Topliss-reactive ketones (excluding diaryl/α,β-unsaturated/α-hetero) is 1. The van der Waals surface area contributed by atoms with Crippen LogP contribution in [-0.4, -0.2) is 23.9 Å². The fraction of sp³-hybridized carbons (Fsp3) is 0.500. The smallest absolute Gasteiger partial charge is 0.141 e. The van der Waals surface area contributed by atoms with E-state index >= 15 is 0 Å². The van der Waals surface area contributed by atoms with E-state index in [0.717, 1.165) is 18.7 Å². The molecule has 3 nitrogen and oxygen atoms in total. The molecule has 1 aliphatic heterocycles. The van der Waals surface area contributed by atoms with Crippen LogP contribution in [-0.2, 0) is 11.2 Å². The third-order valence-corrected chi connectivity index (χ3v) is 3.03. The molecule has 0 saturated carbocycles. The van der Waals surface area contributed by atoms with E-state index in [1.165, 1.54) is 0 Å². The lowest BCUT2D eigenvalue weighted by Gasteiger charge is -2.12. The third kappa shape index (κ3) is 2.42. The summed E-state index contributed by atoms with van der Waals surface area (Å²) in [4.78, 5) is 16.0. The Morgan fingerprint density at radius 2 is 2.47 bits per heavy atom. The first-order chi connectivity index (χ1) is 7.27. The average molecular weight is 204 g/mol. The molecule has 0 amide bonds. The summed E-state index contributed by atoms with van der Waals surface area (Å²) < 4.78 is 0. The number of ketones is 1. The van der Waals surface area contributed by atoms with Crippen LogP contribution in [0.2, 0.25) is 0 Å². The van der Waals surface area contributed by atoms with Gasteiger partial charge in [0.15, 0.2) is 0 Å². The zero-order valence-electron chi connectivity index (χ0n) is 8.94. The lowest BCUT2D eigenvalue weighted by molar-refractivity contribution is -0.122. The first-order valence-corrected chi connectivity index (χ1v) is 5.39. The molecule has 1 N–H and O–H groups in total. The highest BCUT2D eigenvalue weighted by Gasteiger charge is 2.28. The van der Waals surface area contributed by atoms with Gasteiger partial charge >= 0.3 is 0 Å². The quantitative estimate of drug-likeness (QED) is 0.800. The predicted molar refractivity (Wildman–Crippen MR) is 58.5 cm³/mol. The molecule has 1 saturated heterocycles. The number of carbonyl (C=O) groups excluding carboxylic acids is 1. The third-order valence-electron chi connectivity index (χ3n) is 3.03. The van der Waals surface area contributed by atoms with Crippen LogP contribution >= 0.6 is 0 Å². The van der Waals surface area contributed by atoms with Crippen molar-refractivity contribution in [2.24, 2.45) is 11.8 Å². The highest BCUT2D eigenvalue weighted by molar-refractivity contribution is 5.84. The van der Waals surface area contributed by atoms with Crippen molar-refractivity contribution in [3.05, 3.63) is 30.1 Å². The fourth-order valence-electron chi connectivity index (χ4n) is 2.08. The Hall–Kier alpha value is -1.22. The van der Waals surface area contributed by atoms with E-state index in [-0.39, 0.29) is 5.92 Å². The van der Waals surface area contributed by atoms with Gasteiger partial charge in [-0.2, -0.15) is 0 Å². The van der Waals surface area contributed by atoms with Gasteiger partial charge in [-0.1, -0.05) is 13.0 Å². The van der Waals surface area contributed by atoms with Crippen molar-refractivity contribution in [3.8, 4) is 0 Å². The maximum absolute atomic E-state index is 12.0. The van der Waals surface area contributed by atoms with Crippen LogP contribution in [0, 0.1) is 11.8 Å². The van der Waals surface area contributed by atoms with E-state index < -0.39 is 0 Å². The molecule has 0 radical (unpaired) electrons. The molecule has 0 aliphatic carbocycles. The largest absolute Gasteiger partial charge is 0.316 e. The molecule has 0 spiro atoms. The number of nitrogens with zero attached hydrogens (tertiary/aromatic N) is 1. The van der Waals surface area contributed by atoms with Crippen LogP contribution < -0.4 is 5.32 Å². The molecule has 2 rings (SSSR count). The number of hydrogen-bond acceptors (Lipinski definition) is 3. The minimum absolute atomic E-state index is 0.185. The van der Waals surface area contributed by atoms with Crippen molar-refractivity contribution >= 4 is 5.78 Å².